The van der Waals surface area contributed by atoms with Crippen LogP contribution >= 0.6 is 0 Å². The molecule has 2 aliphatic carbocycles. The summed E-state index contributed by atoms with van der Waals surface area (Å²) in [6.45, 7) is 2.12. The van der Waals surface area contributed by atoms with Gasteiger partial charge in [-0.1, -0.05) is 38.3 Å². The molecule has 8 heteroatoms. The van der Waals surface area contributed by atoms with Gasteiger partial charge in [0.05, 0.1) is 12.2 Å². The second-order valence-electron chi connectivity index (χ2n) is 10.1. The van der Waals surface area contributed by atoms with Gasteiger partial charge >= 0.3 is 5.97 Å². The molecule has 2 fully saturated rings. The van der Waals surface area contributed by atoms with Gasteiger partial charge in [-0.2, -0.15) is 0 Å². The van der Waals surface area contributed by atoms with Gasteiger partial charge in [0.2, 0.25) is 5.92 Å². The molecule has 1 atom stereocenters. The maximum absolute atomic E-state index is 13.5. The van der Waals surface area contributed by atoms with E-state index in [0.717, 1.165) is 37.5 Å². The zero-order chi connectivity index (χ0) is 24.3. The number of carboxylic acids is 1. The number of carbonyl (C=O) groups excluding carboxylic acids is 1. The van der Waals surface area contributed by atoms with Crippen molar-refractivity contribution in [1.29, 1.82) is 0 Å². The molecule has 0 saturated heterocycles. The van der Waals surface area contributed by atoms with Crippen molar-refractivity contribution in [3.63, 3.8) is 0 Å². The fourth-order valence-electron chi connectivity index (χ4n) is 5.30. The minimum Gasteiger partial charge on any atom is -0.490 e. The Kier molecular flexibility index (Phi) is 7.05. The van der Waals surface area contributed by atoms with Crippen LogP contribution in [-0.2, 0) is 4.79 Å². The van der Waals surface area contributed by atoms with E-state index in [0.29, 0.717) is 18.4 Å². The van der Waals surface area contributed by atoms with Crippen molar-refractivity contribution >= 4 is 22.8 Å². The van der Waals surface area contributed by atoms with Gasteiger partial charge in [0.1, 0.15) is 11.6 Å². The molecule has 2 aliphatic rings. The number of alkyl halides is 2. The lowest BCUT2D eigenvalue weighted by Crippen LogP contribution is -2.52. The van der Waals surface area contributed by atoms with Crippen LogP contribution in [0.4, 0.5) is 8.78 Å². The number of ether oxygens (including phenoxy) is 1. The number of amides is 1. The monoisotopic (exact) mass is 474 g/mol. The van der Waals surface area contributed by atoms with Crippen LogP contribution in [0.1, 0.15) is 75.1 Å². The first-order valence-corrected chi connectivity index (χ1v) is 12.1. The lowest BCUT2D eigenvalue weighted by atomic mass is 9.70. The number of fused-ring (bicyclic) bond motifs is 1. The predicted molar refractivity (Wildman–Crippen MR) is 124 cm³/mol. The van der Waals surface area contributed by atoms with Gasteiger partial charge in [0, 0.05) is 24.4 Å². The maximum Gasteiger partial charge on any atom is 0.326 e. The second-order valence-corrected chi connectivity index (χ2v) is 10.1. The third-order valence-corrected chi connectivity index (χ3v) is 7.49. The molecule has 1 heterocycles. The van der Waals surface area contributed by atoms with E-state index in [1.807, 2.05) is 13.0 Å². The predicted octanol–water partition coefficient (Wildman–Crippen LogP) is 5.59. The summed E-state index contributed by atoms with van der Waals surface area (Å²) < 4.78 is 33.2. The molecule has 4 rings (SSSR count). The molecule has 0 unspecified atom stereocenters. The molecular weight excluding hydrogens is 442 g/mol. The largest absolute Gasteiger partial charge is 0.490 e. The highest BCUT2D eigenvalue weighted by atomic mass is 19.3. The average molecular weight is 475 g/mol. The molecule has 0 aliphatic heterocycles. The summed E-state index contributed by atoms with van der Waals surface area (Å²) in [5.74, 6) is -3.98. The minimum atomic E-state index is -2.62. The van der Waals surface area contributed by atoms with Crippen molar-refractivity contribution in [3.8, 4) is 5.75 Å². The molecule has 1 aromatic heterocycles. The van der Waals surface area contributed by atoms with E-state index in [1.54, 1.807) is 24.4 Å². The molecule has 2 N–H and O–H groups in total. The Hall–Kier alpha value is -2.77. The van der Waals surface area contributed by atoms with E-state index in [1.165, 1.54) is 0 Å². The van der Waals surface area contributed by atoms with Gasteiger partial charge in [-0.25, -0.2) is 13.6 Å². The first-order valence-electron chi connectivity index (χ1n) is 12.1. The molecule has 2 aromatic rings. The second kappa shape index (κ2) is 9.84. The van der Waals surface area contributed by atoms with Gasteiger partial charge in [-0.05, 0) is 49.1 Å². The Morgan fingerprint density at radius 2 is 1.85 bits per heavy atom. The lowest BCUT2D eigenvalue weighted by Gasteiger charge is -2.38. The van der Waals surface area contributed by atoms with E-state index < -0.39 is 29.3 Å². The molecule has 34 heavy (non-hydrogen) atoms. The van der Waals surface area contributed by atoms with Crippen LogP contribution < -0.4 is 10.1 Å². The van der Waals surface area contributed by atoms with Crippen LogP contribution in [0, 0.1) is 11.3 Å². The Morgan fingerprint density at radius 1 is 1.15 bits per heavy atom. The van der Waals surface area contributed by atoms with Gasteiger partial charge < -0.3 is 15.2 Å². The summed E-state index contributed by atoms with van der Waals surface area (Å²) in [6, 6.07) is 5.98. The molecule has 0 bridgehead atoms. The van der Waals surface area contributed by atoms with Gasteiger partial charge in [-0.15, -0.1) is 0 Å². The average Bonchev–Trinajstić information content (AvgIpc) is 2.81. The minimum absolute atomic E-state index is 0.0394. The summed E-state index contributed by atoms with van der Waals surface area (Å²) in [5, 5.41) is 13.5. The molecule has 0 radical (unpaired) electrons. The van der Waals surface area contributed by atoms with Crippen molar-refractivity contribution in [2.24, 2.45) is 11.3 Å². The van der Waals surface area contributed by atoms with Crippen LogP contribution in [0.5, 0.6) is 5.75 Å². The molecule has 2 saturated carbocycles. The van der Waals surface area contributed by atoms with Crippen molar-refractivity contribution in [3.05, 3.63) is 36.0 Å². The number of nitrogens with zero attached hydrogens (tertiary/aromatic N) is 1. The number of pyridine rings is 1. The third kappa shape index (κ3) is 5.31. The van der Waals surface area contributed by atoms with E-state index >= 15 is 0 Å². The Labute approximate surface area is 198 Å². The standard InChI is InChI=1S/C26H32F2N2O4/c1-25(11-3-2-4-12-25)22(24(32)33)30-23(31)19-8-7-18-6-5-15-29-20(18)21(19)34-16-17-9-13-26(27,28)14-10-17/h5-8,15,17,22H,2-4,9-14,16H2,1H3,(H,30,31)(H,32,33)/t22-/m1/s1. The van der Waals surface area contributed by atoms with Crippen LogP contribution in [-0.4, -0.2) is 40.5 Å². The Morgan fingerprint density at radius 3 is 2.53 bits per heavy atom. The molecule has 0 spiro atoms. The highest BCUT2D eigenvalue weighted by Gasteiger charge is 2.41. The number of carbonyl (C=O) groups is 2. The smallest absolute Gasteiger partial charge is 0.326 e. The van der Waals surface area contributed by atoms with Crippen LogP contribution in [0.3, 0.4) is 0 Å². The van der Waals surface area contributed by atoms with Gasteiger partial charge in [0.25, 0.3) is 5.91 Å². The highest BCUT2D eigenvalue weighted by molar-refractivity contribution is 6.04. The number of carboxylic acid groups (broad SMARTS) is 1. The zero-order valence-corrected chi connectivity index (χ0v) is 19.5. The van der Waals surface area contributed by atoms with E-state index in [2.05, 4.69) is 10.3 Å². The van der Waals surface area contributed by atoms with Crippen LogP contribution in [0.25, 0.3) is 10.9 Å². The molecule has 6 nitrogen and oxygen atoms in total. The van der Waals surface area contributed by atoms with Gasteiger partial charge in [0.15, 0.2) is 5.75 Å². The maximum atomic E-state index is 13.5. The summed E-state index contributed by atoms with van der Waals surface area (Å²) in [6.07, 6.45) is 6.38. The number of halogens is 2. The van der Waals surface area contributed by atoms with Crippen molar-refractivity contribution in [1.82, 2.24) is 10.3 Å². The van der Waals surface area contributed by atoms with Crippen molar-refractivity contribution in [2.45, 2.75) is 76.7 Å². The molecule has 1 amide bonds. The molecule has 1 aromatic carbocycles. The number of benzene rings is 1. The lowest BCUT2D eigenvalue weighted by molar-refractivity contribution is -0.143. The fourth-order valence-corrected chi connectivity index (χ4v) is 5.30. The number of nitrogens with one attached hydrogen (secondary N) is 1. The topological polar surface area (TPSA) is 88.5 Å². The zero-order valence-electron chi connectivity index (χ0n) is 19.5. The number of hydrogen-bond donors (Lipinski definition) is 2. The summed E-state index contributed by atoms with van der Waals surface area (Å²) in [5.41, 5.74) is 0.174. The van der Waals surface area contributed by atoms with Gasteiger partial charge in [-0.3, -0.25) is 9.78 Å². The third-order valence-electron chi connectivity index (χ3n) is 7.49. The number of aromatic nitrogens is 1. The summed E-state index contributed by atoms with van der Waals surface area (Å²) in [4.78, 5) is 29.9. The Bertz CT molecular complexity index is 1040. The first-order chi connectivity index (χ1) is 16.2. The quantitative estimate of drug-likeness (QED) is 0.546. The normalized spacial score (nSPS) is 21.0. The Balaban J connectivity index is 1.58. The first kappa shape index (κ1) is 24.4. The van der Waals surface area contributed by atoms with Crippen LogP contribution in [0.2, 0.25) is 0 Å². The van der Waals surface area contributed by atoms with Crippen molar-refractivity contribution < 1.29 is 28.2 Å². The van der Waals surface area contributed by atoms with Crippen molar-refractivity contribution in [2.75, 3.05) is 6.61 Å². The van der Waals surface area contributed by atoms with E-state index in [-0.39, 0.29) is 36.7 Å². The number of aliphatic carboxylic acids is 1. The molecule has 184 valence electrons. The summed E-state index contributed by atoms with van der Waals surface area (Å²) in [7, 11) is 0. The number of hydrogen-bond acceptors (Lipinski definition) is 4. The SMILES string of the molecule is CC1([C@H](NC(=O)c2ccc3cccnc3c2OCC2CCC(F)(F)CC2)C(=O)O)CCCCC1. The van der Waals surface area contributed by atoms with Crippen LogP contribution in [0.15, 0.2) is 30.5 Å². The number of rotatable bonds is 7. The fraction of sp³-hybridized carbons (Fsp3) is 0.577. The molecular formula is C26H32F2N2O4. The van der Waals surface area contributed by atoms with E-state index in [4.69, 9.17) is 4.74 Å². The van der Waals surface area contributed by atoms with E-state index in [9.17, 15) is 23.5 Å². The summed E-state index contributed by atoms with van der Waals surface area (Å²) >= 11 is 0. The highest BCUT2D eigenvalue weighted by Crippen LogP contribution is 2.40.